The highest BCUT2D eigenvalue weighted by molar-refractivity contribution is 9.10. The Labute approximate surface area is 302 Å². The van der Waals surface area contributed by atoms with Crippen molar-refractivity contribution in [2.45, 2.75) is 24.9 Å². The fraction of sp³-hybridized carbons (Fsp3) is 0.382. The number of carbonyl (C=O) groups excluding carboxylic acids is 2. The maximum Gasteiger partial charge on any atom is 0.271 e. The van der Waals surface area contributed by atoms with Crippen molar-refractivity contribution in [1.82, 2.24) is 21.3 Å². The van der Waals surface area contributed by atoms with Crippen LogP contribution >= 0.6 is 28.1 Å². The van der Waals surface area contributed by atoms with Gasteiger partial charge in [-0.15, -0.1) is 3.95 Å². The second-order valence-corrected chi connectivity index (χ2v) is 13.9. The summed E-state index contributed by atoms with van der Waals surface area (Å²) in [5.41, 5.74) is 2.19. The van der Waals surface area contributed by atoms with Crippen molar-refractivity contribution in [3.63, 3.8) is 0 Å². The van der Waals surface area contributed by atoms with E-state index in [-0.39, 0.29) is 54.0 Å². The molecule has 3 fully saturated rings. The van der Waals surface area contributed by atoms with Gasteiger partial charge in [-0.3, -0.25) is 14.9 Å². The fourth-order valence-corrected chi connectivity index (χ4v) is 7.63. The van der Waals surface area contributed by atoms with Gasteiger partial charge >= 0.3 is 0 Å². The molecule has 5 N–H and O–H groups in total. The van der Waals surface area contributed by atoms with Crippen LogP contribution < -0.4 is 26.6 Å². The summed E-state index contributed by atoms with van der Waals surface area (Å²) in [5.74, 6) is -2.69. The van der Waals surface area contributed by atoms with E-state index in [9.17, 15) is 18.4 Å². The predicted octanol–water partition coefficient (Wildman–Crippen LogP) is 4.23. The van der Waals surface area contributed by atoms with Crippen molar-refractivity contribution < 1.29 is 31.8 Å². The van der Waals surface area contributed by atoms with Gasteiger partial charge in [0.05, 0.1) is 24.0 Å². The third-order valence-corrected chi connectivity index (χ3v) is 10.2. The second kappa shape index (κ2) is 16.0. The van der Waals surface area contributed by atoms with Gasteiger partial charge in [0.25, 0.3) is 12.4 Å². The maximum absolute atomic E-state index is 13.7. The summed E-state index contributed by atoms with van der Waals surface area (Å²) in [6.07, 6.45) is -0.555. The van der Waals surface area contributed by atoms with E-state index >= 15 is 0 Å². The Bertz CT molecular complexity index is 1670. The summed E-state index contributed by atoms with van der Waals surface area (Å²) in [6, 6.07) is 19.4. The highest BCUT2D eigenvalue weighted by Crippen LogP contribution is 2.58. The van der Waals surface area contributed by atoms with Crippen molar-refractivity contribution in [2.75, 3.05) is 38.2 Å². The maximum atomic E-state index is 13.7. The molecule has 0 aromatic heterocycles. The van der Waals surface area contributed by atoms with Gasteiger partial charge < -0.3 is 30.7 Å². The first-order valence-corrected chi connectivity index (χ1v) is 17.6. The van der Waals surface area contributed by atoms with E-state index in [1.54, 1.807) is 24.3 Å². The van der Waals surface area contributed by atoms with Crippen LogP contribution in [0, 0.1) is 35.3 Å². The fourth-order valence-electron chi connectivity index (χ4n) is 6.93. The summed E-state index contributed by atoms with van der Waals surface area (Å²) in [4.78, 5) is 27.5. The normalized spacial score (nSPS) is 25.0. The van der Waals surface area contributed by atoms with E-state index in [2.05, 4.69) is 42.5 Å². The highest BCUT2D eigenvalue weighted by atomic mass is 79.9. The zero-order valence-electron chi connectivity index (χ0n) is 26.2. The van der Waals surface area contributed by atoms with E-state index in [0.717, 1.165) is 10.0 Å². The molecule has 258 valence electrons. The Morgan fingerprint density at radius 2 is 1.31 bits per heavy atom. The average Bonchev–Trinajstić information content (AvgIpc) is 3.80. The van der Waals surface area contributed by atoms with Crippen LogP contribution in [0.25, 0.3) is 0 Å². The van der Waals surface area contributed by atoms with E-state index < -0.39 is 18.1 Å². The molecule has 49 heavy (non-hydrogen) atoms. The summed E-state index contributed by atoms with van der Waals surface area (Å²) >= 11 is 14.1. The van der Waals surface area contributed by atoms with Crippen molar-refractivity contribution in [3.05, 3.63) is 94.5 Å². The molecule has 7 unspecified atom stereocenters. The Morgan fingerprint density at radius 1 is 0.776 bits per heavy atom. The number of amides is 2. The zero-order chi connectivity index (χ0) is 34.5. The van der Waals surface area contributed by atoms with Crippen LogP contribution in [0.1, 0.15) is 18.3 Å². The summed E-state index contributed by atoms with van der Waals surface area (Å²) in [7, 11) is 0. The number of hydrogen-bond donors (Lipinski definition) is 5. The summed E-state index contributed by atoms with van der Waals surface area (Å²) in [6.45, 7) is 1.70. The van der Waals surface area contributed by atoms with Crippen molar-refractivity contribution >= 4 is 68.9 Å². The molecule has 1 aliphatic heterocycles. The number of ether oxygens (including phenoxy) is 2. The number of carbonyl (C=O) groups is 2. The number of anilines is 1. The molecule has 15 heteroatoms. The molecule has 1 heterocycles. The van der Waals surface area contributed by atoms with Crippen LogP contribution in [0.5, 0.6) is 0 Å². The van der Waals surface area contributed by atoms with Gasteiger partial charge in [0, 0.05) is 65.9 Å². The first kappa shape index (κ1) is 35.4. The first-order valence-electron chi connectivity index (χ1n) is 16.0. The van der Waals surface area contributed by atoms with E-state index in [1.165, 1.54) is 28.2 Å². The summed E-state index contributed by atoms with van der Waals surface area (Å²) in [5, 5.41) is 15.5. The molecule has 7 atom stereocenters. The van der Waals surface area contributed by atoms with E-state index in [1.807, 2.05) is 24.3 Å². The number of rotatable bonds is 13. The van der Waals surface area contributed by atoms with Crippen LogP contribution in [-0.2, 0) is 31.5 Å². The second-order valence-electron chi connectivity index (χ2n) is 12.2. The molecule has 6 rings (SSSR count). The first-order chi connectivity index (χ1) is 23.7. The molecule has 2 bridgehead atoms. The molecule has 0 radical (unpaired) electrons. The van der Waals surface area contributed by atoms with Gasteiger partial charge in [0.2, 0.25) is 24.2 Å². The Balaban J connectivity index is 1.04. The lowest BCUT2D eigenvalue weighted by Crippen LogP contribution is -2.52. The van der Waals surface area contributed by atoms with Gasteiger partial charge in [-0.1, -0.05) is 28.1 Å². The quantitative estimate of drug-likeness (QED) is 0.0754. The predicted molar refractivity (Wildman–Crippen MR) is 188 cm³/mol. The van der Waals surface area contributed by atoms with Crippen LogP contribution in [0.4, 0.5) is 20.2 Å². The molecule has 2 saturated carbocycles. The molecule has 2 amide bonds. The van der Waals surface area contributed by atoms with Gasteiger partial charge in [-0.25, -0.2) is 8.78 Å². The molecular weight excluding hydrogens is 738 g/mol. The number of thiocarbonyl (C=S) groups is 1. The minimum absolute atomic E-state index is 0.189. The lowest BCUT2D eigenvalue weighted by molar-refractivity contribution is -0.414. The number of fused-ring (bicyclic) bond motifs is 5. The van der Waals surface area contributed by atoms with E-state index in [0.29, 0.717) is 49.2 Å². The number of nitrogens with one attached hydrogen (secondary N) is 5. The van der Waals surface area contributed by atoms with Gasteiger partial charge in [-0.05, 0) is 67.2 Å². The minimum Gasteiger partial charge on any atom is -0.361 e. The smallest absolute Gasteiger partial charge is 0.271 e. The SMILES string of the molecule is O=C(NCCNC[N+](=S)c1ccc(F)cc1)C1C2CC(C3OC(c4ccc(Br)cc4)OC23)C1C(=O)NCCNC(=S)Nc1ccc(F)cc1. The van der Waals surface area contributed by atoms with Crippen LogP contribution in [0.2, 0.25) is 0 Å². The van der Waals surface area contributed by atoms with Gasteiger partial charge in [0.1, 0.15) is 11.6 Å². The largest absolute Gasteiger partial charge is 0.361 e. The number of benzene rings is 3. The molecule has 3 aromatic rings. The van der Waals surface area contributed by atoms with E-state index in [4.69, 9.17) is 34.1 Å². The molecule has 1 saturated heterocycles. The lowest BCUT2D eigenvalue weighted by atomic mass is 9.75. The van der Waals surface area contributed by atoms with Crippen molar-refractivity contribution in [3.8, 4) is 0 Å². The Hall–Kier alpha value is -3.47. The van der Waals surface area contributed by atoms with Crippen molar-refractivity contribution in [1.29, 1.82) is 0 Å². The summed E-state index contributed by atoms with van der Waals surface area (Å²) < 4.78 is 41.7. The third kappa shape index (κ3) is 8.47. The van der Waals surface area contributed by atoms with Crippen LogP contribution in [0.3, 0.4) is 0 Å². The van der Waals surface area contributed by atoms with Gasteiger partial charge in [0.15, 0.2) is 11.4 Å². The highest BCUT2D eigenvalue weighted by Gasteiger charge is 2.66. The monoisotopic (exact) mass is 773 g/mol. The molecule has 3 aliphatic rings. The minimum atomic E-state index is -0.600. The number of hydrogen-bond acceptors (Lipinski definition) is 7. The third-order valence-electron chi connectivity index (χ3n) is 9.11. The molecular formula is C34H36BrF2N6O4S2+. The van der Waals surface area contributed by atoms with Crippen molar-refractivity contribution in [2.24, 2.45) is 23.7 Å². The Morgan fingerprint density at radius 3 is 1.90 bits per heavy atom. The molecule has 0 spiro atoms. The topological polar surface area (TPSA) is 116 Å². The van der Waals surface area contributed by atoms with Crippen LogP contribution in [0.15, 0.2) is 77.3 Å². The standard InChI is InChI=1S/C34H35BrF2N6O4S2/c35-20-3-1-19(2-4-20)33-46-29-25-17-26(30(29)47-33)28(32(45)40-15-16-41-34(48)42-23-9-5-21(36)6-10-23)27(25)31(44)39-14-13-38-18-43(49)24-11-7-22(37)8-12-24/h1-12,25-30,33,38H,13-18H2,(H3-,39,40,41,42,44,45,48)/p+1. The zero-order valence-corrected chi connectivity index (χ0v) is 29.5. The van der Waals surface area contributed by atoms with Gasteiger partial charge in [-0.2, -0.15) is 0 Å². The average molecular weight is 775 g/mol. The molecule has 2 aliphatic carbocycles. The Kier molecular flexibility index (Phi) is 11.6. The lowest BCUT2D eigenvalue weighted by Gasteiger charge is -2.34. The molecule has 10 nitrogen and oxygen atoms in total. The van der Waals surface area contributed by atoms with Crippen LogP contribution in [-0.4, -0.2) is 65.9 Å². The molecule has 3 aromatic carbocycles. The number of halogens is 3. The number of nitrogens with zero attached hydrogens (tertiary/aromatic N) is 1.